The zero-order valence-electron chi connectivity index (χ0n) is 17.1. The molecule has 2 aromatic carbocycles. The summed E-state index contributed by atoms with van der Waals surface area (Å²) in [5, 5.41) is 0. The molecule has 8 heteroatoms. The Balaban J connectivity index is 1.47. The summed E-state index contributed by atoms with van der Waals surface area (Å²) < 4.78 is 35.0. The average Bonchev–Trinajstić information content (AvgIpc) is 3.10. The number of amides is 1. The fourth-order valence-electron chi connectivity index (χ4n) is 4.45. The number of hydrogen-bond donors (Lipinski definition) is 2. The van der Waals surface area contributed by atoms with Crippen LogP contribution in [-0.2, 0) is 10.0 Å². The first-order chi connectivity index (χ1) is 15.9. The van der Waals surface area contributed by atoms with Crippen molar-refractivity contribution in [3.63, 3.8) is 0 Å². The number of nitrogens with one attached hydrogen (secondary N) is 1. The van der Waals surface area contributed by atoms with Gasteiger partial charge >= 0.3 is 0 Å². The first-order valence-corrected chi connectivity index (χ1v) is 11.7. The summed E-state index contributed by atoms with van der Waals surface area (Å²) in [4.78, 5) is 16.2. The van der Waals surface area contributed by atoms with Crippen LogP contribution in [0.1, 0.15) is 21.5 Å². The number of hydrogen-bond acceptors (Lipinski definition) is 5. The first kappa shape index (κ1) is 19.5. The molecule has 2 aromatic rings. The lowest BCUT2D eigenvalue weighted by molar-refractivity contribution is 0.101. The highest BCUT2D eigenvalue weighted by atomic mass is 32.2. The Kier molecular flexibility index (Phi) is 3.94. The highest BCUT2D eigenvalue weighted by molar-refractivity contribution is 7.89. The lowest BCUT2D eigenvalue weighted by atomic mass is 9.76. The predicted molar refractivity (Wildman–Crippen MR) is 124 cm³/mol. The van der Waals surface area contributed by atoms with Gasteiger partial charge in [-0.3, -0.25) is 9.52 Å². The van der Waals surface area contributed by atoms with Gasteiger partial charge in [0, 0.05) is 22.4 Å². The van der Waals surface area contributed by atoms with Crippen molar-refractivity contribution in [2.45, 2.75) is 10.5 Å². The van der Waals surface area contributed by atoms with Crippen LogP contribution in [0.25, 0.3) is 6.08 Å². The highest BCUT2D eigenvalue weighted by Gasteiger charge is 2.44. The van der Waals surface area contributed by atoms with Crippen molar-refractivity contribution >= 4 is 27.8 Å². The number of ether oxygens (including phenoxy) is 1. The molecule has 0 saturated heterocycles. The molecule has 2 heterocycles. The number of sulfonamides is 1. The van der Waals surface area contributed by atoms with E-state index in [1.54, 1.807) is 42.5 Å². The fraction of sp³-hybridized carbons (Fsp3) is 0.0400. The predicted octanol–water partition coefficient (Wildman–Crippen LogP) is 2.99. The van der Waals surface area contributed by atoms with Gasteiger partial charge in [-0.1, -0.05) is 48.6 Å². The summed E-state index contributed by atoms with van der Waals surface area (Å²) in [6, 6.07) is 11.6. The summed E-state index contributed by atoms with van der Waals surface area (Å²) in [5.41, 5.74) is 8.60. The van der Waals surface area contributed by atoms with Crippen molar-refractivity contribution < 1.29 is 17.9 Å². The van der Waals surface area contributed by atoms with E-state index in [1.807, 2.05) is 30.4 Å². The smallest absolute Gasteiger partial charge is 0.279 e. The molecule has 0 bridgehead atoms. The molecule has 7 nitrogen and oxygen atoms in total. The van der Waals surface area contributed by atoms with Crippen molar-refractivity contribution in [2.75, 3.05) is 0 Å². The van der Waals surface area contributed by atoms with Crippen LogP contribution in [0.3, 0.4) is 0 Å². The largest absolute Gasteiger partial charge is 0.472 e. The molecule has 33 heavy (non-hydrogen) atoms. The third-order valence-electron chi connectivity index (χ3n) is 5.99. The first-order valence-electron chi connectivity index (χ1n) is 10.2. The maximum absolute atomic E-state index is 12.9. The Labute approximate surface area is 190 Å². The van der Waals surface area contributed by atoms with Gasteiger partial charge in [-0.15, -0.1) is 0 Å². The highest BCUT2D eigenvalue weighted by Crippen LogP contribution is 2.48. The van der Waals surface area contributed by atoms with Gasteiger partial charge in [0.05, 0.1) is 16.0 Å². The molecule has 6 rings (SSSR count). The second-order valence-corrected chi connectivity index (χ2v) is 9.66. The van der Waals surface area contributed by atoms with E-state index in [0.717, 1.165) is 16.7 Å². The van der Waals surface area contributed by atoms with Crippen molar-refractivity contribution in [1.82, 2.24) is 4.72 Å². The molecule has 1 unspecified atom stereocenters. The van der Waals surface area contributed by atoms with Gasteiger partial charge in [0.1, 0.15) is 11.6 Å². The third-order valence-corrected chi connectivity index (χ3v) is 7.38. The van der Waals surface area contributed by atoms with E-state index in [4.69, 9.17) is 10.5 Å². The SMILES string of the molecule is NC1=NC(=O)c2ccc3c(c21)OC12C=C(NS(=O)(=O)c4ccccc4)C=CC1=CC=CC2=C3. The van der Waals surface area contributed by atoms with E-state index >= 15 is 0 Å². The number of benzene rings is 2. The van der Waals surface area contributed by atoms with E-state index in [9.17, 15) is 13.2 Å². The monoisotopic (exact) mass is 455 g/mol. The molecule has 4 aliphatic rings. The van der Waals surface area contributed by atoms with Gasteiger partial charge in [0.2, 0.25) is 0 Å². The molecular formula is C25H17N3O4S. The molecular weight excluding hydrogens is 438 g/mol. The summed E-state index contributed by atoms with van der Waals surface area (Å²) in [7, 11) is -3.79. The second-order valence-electron chi connectivity index (χ2n) is 7.98. The molecule has 3 N–H and O–H groups in total. The minimum absolute atomic E-state index is 0.109. The Morgan fingerprint density at radius 3 is 2.64 bits per heavy atom. The van der Waals surface area contributed by atoms with Gasteiger partial charge in [0.15, 0.2) is 5.60 Å². The van der Waals surface area contributed by atoms with Gasteiger partial charge in [-0.25, -0.2) is 8.42 Å². The minimum Gasteiger partial charge on any atom is -0.472 e. The number of nitrogens with zero attached hydrogens (tertiary/aromatic N) is 1. The van der Waals surface area contributed by atoms with Crippen LogP contribution in [0.5, 0.6) is 5.75 Å². The average molecular weight is 455 g/mol. The number of fused-ring (bicyclic) bond motifs is 3. The summed E-state index contributed by atoms with van der Waals surface area (Å²) in [6.45, 7) is 0. The number of allylic oxidation sites excluding steroid dienone is 3. The Hall–Kier alpha value is -4.17. The minimum atomic E-state index is -3.79. The molecule has 0 saturated carbocycles. The zero-order valence-corrected chi connectivity index (χ0v) is 18.0. The van der Waals surface area contributed by atoms with E-state index in [-0.39, 0.29) is 10.7 Å². The topological polar surface area (TPSA) is 111 Å². The molecule has 0 fully saturated rings. The van der Waals surface area contributed by atoms with Gasteiger partial charge in [-0.2, -0.15) is 4.99 Å². The number of aliphatic imine (C=N–C) groups is 1. The number of carbonyl (C=O) groups excluding carboxylic acids is 1. The zero-order chi connectivity index (χ0) is 22.8. The second kappa shape index (κ2) is 6.66. The molecule has 2 aliphatic heterocycles. The molecule has 1 spiro atoms. The van der Waals surface area contributed by atoms with Crippen molar-refractivity contribution in [2.24, 2.45) is 10.7 Å². The molecule has 2 aliphatic carbocycles. The van der Waals surface area contributed by atoms with Crippen LogP contribution in [-0.4, -0.2) is 25.8 Å². The molecule has 0 aromatic heterocycles. The molecule has 162 valence electrons. The molecule has 1 atom stereocenters. The van der Waals surface area contributed by atoms with Crippen LogP contribution >= 0.6 is 0 Å². The van der Waals surface area contributed by atoms with Crippen molar-refractivity contribution in [3.05, 3.63) is 112 Å². The molecule has 0 radical (unpaired) electrons. The summed E-state index contributed by atoms with van der Waals surface area (Å²) >= 11 is 0. The van der Waals surface area contributed by atoms with Crippen molar-refractivity contribution in [1.29, 1.82) is 0 Å². The number of carbonyl (C=O) groups is 1. The normalized spacial score (nSPS) is 22.0. The Morgan fingerprint density at radius 1 is 1.00 bits per heavy atom. The Bertz CT molecular complexity index is 1540. The number of amidine groups is 1. The van der Waals surface area contributed by atoms with Crippen molar-refractivity contribution in [3.8, 4) is 5.75 Å². The van der Waals surface area contributed by atoms with Crippen LogP contribution in [0.4, 0.5) is 0 Å². The van der Waals surface area contributed by atoms with Gasteiger partial charge in [-0.05, 0) is 36.4 Å². The quantitative estimate of drug-likeness (QED) is 0.739. The third kappa shape index (κ3) is 2.84. The number of rotatable bonds is 3. The van der Waals surface area contributed by atoms with Crippen LogP contribution in [0, 0.1) is 0 Å². The van der Waals surface area contributed by atoms with E-state index in [2.05, 4.69) is 9.71 Å². The van der Waals surface area contributed by atoms with Crippen LogP contribution in [0.2, 0.25) is 0 Å². The van der Waals surface area contributed by atoms with E-state index in [0.29, 0.717) is 22.6 Å². The summed E-state index contributed by atoms with van der Waals surface area (Å²) in [6.07, 6.45) is 12.9. The summed E-state index contributed by atoms with van der Waals surface area (Å²) in [5.74, 6) is 0.148. The van der Waals surface area contributed by atoms with E-state index < -0.39 is 21.5 Å². The standard InChI is InChI=1S/C25H17N3O4S/c26-23-21-20(24(29)27-23)12-9-15-13-17-6-4-5-16-10-11-18(14-25(16,17)32-22(15)21)28-33(30,31)19-7-2-1-3-8-19/h1-14,28H,(H2,26,27,29). The van der Waals surface area contributed by atoms with Gasteiger partial charge < -0.3 is 10.5 Å². The molecule has 1 amide bonds. The van der Waals surface area contributed by atoms with Crippen LogP contribution in [0.15, 0.2) is 106 Å². The maximum atomic E-state index is 12.9. The number of nitrogens with two attached hydrogens (primary N) is 1. The van der Waals surface area contributed by atoms with Gasteiger partial charge in [0.25, 0.3) is 15.9 Å². The maximum Gasteiger partial charge on any atom is 0.279 e. The lowest BCUT2D eigenvalue weighted by Gasteiger charge is -2.41. The van der Waals surface area contributed by atoms with E-state index in [1.165, 1.54) is 12.1 Å². The lowest BCUT2D eigenvalue weighted by Crippen LogP contribution is -2.43. The fourth-order valence-corrected chi connectivity index (χ4v) is 5.52. The Morgan fingerprint density at radius 2 is 1.82 bits per heavy atom. The van der Waals surface area contributed by atoms with Crippen LogP contribution < -0.4 is 15.2 Å².